The number of carbonyl (C=O) groups excluding carboxylic acids is 2. The van der Waals surface area contributed by atoms with E-state index in [2.05, 4.69) is 15.2 Å². The Labute approximate surface area is 157 Å². The number of anilines is 1. The topological polar surface area (TPSA) is 108 Å². The van der Waals surface area contributed by atoms with E-state index in [1.165, 1.54) is 6.92 Å². The van der Waals surface area contributed by atoms with Gasteiger partial charge in [0.2, 0.25) is 17.8 Å². The molecule has 0 saturated carbocycles. The van der Waals surface area contributed by atoms with Gasteiger partial charge in [-0.15, -0.1) is 5.10 Å². The van der Waals surface area contributed by atoms with Gasteiger partial charge in [0.05, 0.1) is 0 Å². The van der Waals surface area contributed by atoms with Gasteiger partial charge in [-0.25, -0.2) is 0 Å². The molecule has 2 aromatic rings. The lowest BCUT2D eigenvalue weighted by Crippen LogP contribution is -2.54. The molecule has 27 heavy (non-hydrogen) atoms. The van der Waals surface area contributed by atoms with E-state index in [9.17, 15) is 9.59 Å². The fourth-order valence-electron chi connectivity index (χ4n) is 4.13. The second kappa shape index (κ2) is 7.02. The second-order valence-electron chi connectivity index (χ2n) is 7.31. The summed E-state index contributed by atoms with van der Waals surface area (Å²) in [6.07, 6.45) is 2.20. The average molecular weight is 368 g/mol. The van der Waals surface area contributed by atoms with E-state index >= 15 is 0 Å². The van der Waals surface area contributed by atoms with Crippen molar-refractivity contribution in [3.63, 3.8) is 0 Å². The zero-order valence-electron chi connectivity index (χ0n) is 15.4. The standard InChI is InChI=1S/C19H24N6O2/c1-12(26)25-11-15-5-3-2-4-14(15)10-16(25)18(27)24-8-6-13(7-9-24)17-21-19(20)23-22-17/h2-5,13,16H,6-11H2,1H3,(H3,20,21,22,23). The maximum absolute atomic E-state index is 13.2. The number of likely N-dealkylation sites (tertiary alicyclic amines) is 1. The normalized spacial score (nSPS) is 20.4. The van der Waals surface area contributed by atoms with Crippen LogP contribution in [0.2, 0.25) is 0 Å². The fourth-order valence-corrected chi connectivity index (χ4v) is 4.13. The third-order valence-electron chi connectivity index (χ3n) is 5.65. The van der Waals surface area contributed by atoms with Crippen molar-refractivity contribution < 1.29 is 9.59 Å². The monoisotopic (exact) mass is 368 g/mol. The van der Waals surface area contributed by atoms with Gasteiger partial charge in [0.1, 0.15) is 11.9 Å². The maximum atomic E-state index is 13.2. The zero-order valence-corrected chi connectivity index (χ0v) is 15.4. The van der Waals surface area contributed by atoms with Gasteiger partial charge in [0.25, 0.3) is 0 Å². The van der Waals surface area contributed by atoms with Crippen molar-refractivity contribution in [1.82, 2.24) is 25.0 Å². The first-order valence-electron chi connectivity index (χ1n) is 9.33. The highest BCUT2D eigenvalue weighted by molar-refractivity contribution is 5.88. The minimum atomic E-state index is -0.421. The molecule has 2 amide bonds. The molecule has 0 spiro atoms. The SMILES string of the molecule is CC(=O)N1Cc2ccccc2CC1C(=O)N1CCC(c2nc(N)n[nH]2)CC1. The molecule has 1 unspecified atom stereocenters. The predicted molar refractivity (Wildman–Crippen MR) is 99.5 cm³/mol. The number of fused-ring (bicyclic) bond motifs is 1. The number of nitrogen functional groups attached to an aromatic ring is 1. The van der Waals surface area contributed by atoms with E-state index < -0.39 is 6.04 Å². The Balaban J connectivity index is 1.46. The number of amides is 2. The van der Waals surface area contributed by atoms with Crippen LogP contribution in [0.15, 0.2) is 24.3 Å². The van der Waals surface area contributed by atoms with Crippen molar-refractivity contribution >= 4 is 17.8 Å². The fraction of sp³-hybridized carbons (Fsp3) is 0.474. The van der Waals surface area contributed by atoms with Crippen LogP contribution >= 0.6 is 0 Å². The molecule has 8 heteroatoms. The third kappa shape index (κ3) is 3.39. The minimum Gasteiger partial charge on any atom is -0.367 e. The van der Waals surface area contributed by atoms with Crippen molar-refractivity contribution in [3.8, 4) is 0 Å². The van der Waals surface area contributed by atoms with E-state index in [4.69, 9.17) is 5.73 Å². The highest BCUT2D eigenvalue weighted by Crippen LogP contribution is 2.29. The molecule has 0 bridgehead atoms. The van der Waals surface area contributed by atoms with Crippen molar-refractivity contribution in [3.05, 3.63) is 41.2 Å². The number of H-pyrrole nitrogens is 1. The van der Waals surface area contributed by atoms with Crippen LogP contribution in [0.25, 0.3) is 0 Å². The number of nitrogens with two attached hydrogens (primary N) is 1. The summed E-state index contributed by atoms with van der Waals surface area (Å²) in [5.74, 6) is 1.25. The minimum absolute atomic E-state index is 0.0373. The Morgan fingerprint density at radius 3 is 2.52 bits per heavy atom. The lowest BCUT2D eigenvalue weighted by atomic mass is 9.91. The van der Waals surface area contributed by atoms with Crippen molar-refractivity contribution in [2.75, 3.05) is 18.8 Å². The molecule has 1 aromatic carbocycles. The van der Waals surface area contributed by atoms with Crippen LogP contribution < -0.4 is 5.73 Å². The van der Waals surface area contributed by atoms with E-state index in [1.54, 1.807) is 4.90 Å². The van der Waals surface area contributed by atoms with Crippen molar-refractivity contribution in [2.45, 2.75) is 44.7 Å². The van der Waals surface area contributed by atoms with Gasteiger partial charge in [-0.3, -0.25) is 14.7 Å². The number of hydrogen-bond donors (Lipinski definition) is 2. The number of hydrogen-bond acceptors (Lipinski definition) is 5. The van der Waals surface area contributed by atoms with Crippen molar-refractivity contribution in [1.29, 1.82) is 0 Å². The number of carbonyl (C=O) groups is 2. The first-order chi connectivity index (χ1) is 13.0. The Morgan fingerprint density at radius 2 is 1.89 bits per heavy atom. The molecule has 1 aromatic heterocycles. The van der Waals surface area contributed by atoms with Crippen LogP contribution in [0, 0.1) is 0 Å². The summed E-state index contributed by atoms with van der Waals surface area (Å²) in [7, 11) is 0. The quantitative estimate of drug-likeness (QED) is 0.824. The smallest absolute Gasteiger partial charge is 0.245 e. The molecule has 3 N–H and O–H groups in total. The molecule has 0 radical (unpaired) electrons. The first kappa shape index (κ1) is 17.5. The number of piperidine rings is 1. The summed E-state index contributed by atoms with van der Waals surface area (Å²) < 4.78 is 0. The molecule has 3 heterocycles. The van der Waals surface area contributed by atoms with E-state index in [0.29, 0.717) is 26.1 Å². The summed E-state index contributed by atoms with van der Waals surface area (Å²) in [6, 6.07) is 7.61. The van der Waals surface area contributed by atoms with Gasteiger partial charge in [-0.1, -0.05) is 24.3 Å². The number of rotatable bonds is 2. The van der Waals surface area contributed by atoms with E-state index in [0.717, 1.165) is 29.8 Å². The lowest BCUT2D eigenvalue weighted by Gasteiger charge is -2.40. The number of benzene rings is 1. The molecule has 1 atom stereocenters. The summed E-state index contributed by atoms with van der Waals surface area (Å²) in [5, 5.41) is 6.76. The summed E-state index contributed by atoms with van der Waals surface area (Å²) in [4.78, 5) is 33.2. The van der Waals surface area contributed by atoms with Crippen LogP contribution in [0.5, 0.6) is 0 Å². The van der Waals surface area contributed by atoms with Gasteiger partial charge in [-0.2, -0.15) is 4.98 Å². The van der Waals surface area contributed by atoms with Gasteiger partial charge < -0.3 is 15.5 Å². The maximum Gasteiger partial charge on any atom is 0.245 e. The molecule has 4 rings (SSSR count). The summed E-state index contributed by atoms with van der Waals surface area (Å²) in [5.41, 5.74) is 7.86. The number of nitrogens with zero attached hydrogens (tertiary/aromatic N) is 4. The van der Waals surface area contributed by atoms with Crippen LogP contribution in [0.3, 0.4) is 0 Å². The van der Waals surface area contributed by atoms with Crippen LogP contribution in [-0.2, 0) is 22.6 Å². The summed E-state index contributed by atoms with van der Waals surface area (Å²) in [6.45, 7) is 3.33. The molecule has 1 saturated heterocycles. The van der Waals surface area contributed by atoms with E-state index in [1.807, 2.05) is 29.2 Å². The van der Waals surface area contributed by atoms with Crippen LogP contribution in [0.1, 0.15) is 42.6 Å². The molecule has 2 aliphatic heterocycles. The first-order valence-corrected chi connectivity index (χ1v) is 9.33. The van der Waals surface area contributed by atoms with Crippen molar-refractivity contribution in [2.24, 2.45) is 0 Å². The molecule has 0 aliphatic carbocycles. The highest BCUT2D eigenvalue weighted by atomic mass is 16.2. The number of aromatic amines is 1. The molecule has 1 fully saturated rings. The zero-order chi connectivity index (χ0) is 19.0. The number of aromatic nitrogens is 3. The molecular formula is C19H24N6O2. The van der Waals surface area contributed by atoms with Crippen LogP contribution in [0.4, 0.5) is 5.95 Å². The number of nitrogens with one attached hydrogen (secondary N) is 1. The van der Waals surface area contributed by atoms with Gasteiger partial charge in [0.15, 0.2) is 0 Å². The molecular weight excluding hydrogens is 344 g/mol. The van der Waals surface area contributed by atoms with Gasteiger partial charge in [0, 0.05) is 38.9 Å². The molecule has 142 valence electrons. The van der Waals surface area contributed by atoms with E-state index in [-0.39, 0.29) is 23.7 Å². The Bertz CT molecular complexity index is 855. The van der Waals surface area contributed by atoms with Gasteiger partial charge in [-0.05, 0) is 24.0 Å². The van der Waals surface area contributed by atoms with Crippen LogP contribution in [-0.4, -0.2) is 55.9 Å². The predicted octanol–water partition coefficient (Wildman–Crippen LogP) is 1.07. The largest absolute Gasteiger partial charge is 0.367 e. The molecule has 2 aliphatic rings. The second-order valence-corrected chi connectivity index (χ2v) is 7.31. The Morgan fingerprint density at radius 1 is 1.19 bits per heavy atom. The average Bonchev–Trinajstić information content (AvgIpc) is 3.13. The van der Waals surface area contributed by atoms with Gasteiger partial charge >= 0.3 is 0 Å². The highest BCUT2D eigenvalue weighted by Gasteiger charge is 2.37. The molecule has 8 nitrogen and oxygen atoms in total. The summed E-state index contributed by atoms with van der Waals surface area (Å²) >= 11 is 0. The Hall–Kier alpha value is -2.90. The third-order valence-corrected chi connectivity index (χ3v) is 5.65. The Kier molecular flexibility index (Phi) is 4.55. The lowest BCUT2D eigenvalue weighted by molar-refractivity contribution is -0.146.